The Labute approximate surface area is 343 Å². The zero-order chi connectivity index (χ0) is 41.2. The number of nitrogens with zero attached hydrogens (tertiary/aromatic N) is 6. The van der Waals surface area contributed by atoms with Crippen LogP contribution >= 0.6 is 8.53 Å². The molecule has 0 aliphatic carbocycles. The second-order valence-corrected chi connectivity index (χ2v) is 16.3. The van der Waals surface area contributed by atoms with Crippen molar-refractivity contribution in [1.82, 2.24) is 19.1 Å². The molecule has 0 bridgehead atoms. The van der Waals surface area contributed by atoms with Crippen molar-refractivity contribution in [2.75, 3.05) is 41.5 Å². The Bertz CT molecular complexity index is 2060. The number of rotatable bonds is 19. The van der Waals surface area contributed by atoms with E-state index in [1.807, 2.05) is 104 Å². The number of benzene rings is 3. The van der Waals surface area contributed by atoms with E-state index in [-0.39, 0.29) is 31.7 Å². The van der Waals surface area contributed by atoms with Crippen LogP contribution in [0.3, 0.4) is 0 Å². The maximum atomic E-state index is 9.41. The Balaban J connectivity index is 1.44. The Morgan fingerprint density at radius 2 is 1.53 bits per heavy atom. The highest BCUT2D eigenvalue weighted by molar-refractivity contribution is 7.44. The van der Waals surface area contributed by atoms with Crippen LogP contribution in [0.25, 0.3) is 11.0 Å². The molecule has 3 aromatic carbocycles. The molecule has 1 unspecified atom stereocenters. The van der Waals surface area contributed by atoms with Crippen molar-refractivity contribution in [2.24, 2.45) is 4.99 Å². The number of hydrogen-bond acceptors (Lipinski definition) is 10. The summed E-state index contributed by atoms with van der Waals surface area (Å²) in [6.07, 6.45) is 4.88. The van der Waals surface area contributed by atoms with E-state index in [1.165, 1.54) is 0 Å². The molecule has 0 radical (unpaired) electrons. The van der Waals surface area contributed by atoms with Gasteiger partial charge in [-0.25, -0.2) is 14.6 Å². The molecule has 0 spiro atoms. The number of methoxy groups -OCH3 is 2. The predicted molar refractivity (Wildman–Crippen MR) is 228 cm³/mol. The van der Waals surface area contributed by atoms with Gasteiger partial charge in [-0.15, -0.1) is 0 Å². The first kappa shape index (κ1) is 42.7. The van der Waals surface area contributed by atoms with Crippen LogP contribution in [0.15, 0.2) is 108 Å². The highest BCUT2D eigenvalue weighted by Gasteiger charge is 2.45. The molecule has 12 nitrogen and oxygen atoms in total. The second-order valence-electron chi connectivity index (χ2n) is 14.9. The van der Waals surface area contributed by atoms with E-state index in [0.29, 0.717) is 6.42 Å². The summed E-state index contributed by atoms with van der Waals surface area (Å²) in [4.78, 5) is 11.4. The second kappa shape index (κ2) is 19.7. The molecular weight excluding hydrogens is 752 g/mol. The molecule has 1 aliphatic rings. The van der Waals surface area contributed by atoms with Gasteiger partial charge in [0.15, 0.2) is 0 Å². The molecule has 0 N–H and O–H groups in total. The highest BCUT2D eigenvalue weighted by atomic mass is 31.2. The van der Waals surface area contributed by atoms with Gasteiger partial charge in [-0.1, -0.05) is 54.6 Å². The standard InChI is InChI=1S/C45H55N6O6P/c1-32(2)51(33(3)4)58(55-28-12-25-46)57-41-29-43(50-27-24-39-40(48-31-49(5)6)23-26-47-44(39)50)56-42(41)30-54-45(34-13-10-9-11-14-34,35-15-19-37(52-7)20-16-35)36-17-21-38(53-8)22-18-36/h9-11,13-24,26-27,31-33,41-43H,12,28-30H2,1-8H3/t41-,42+,43+,58?/m0/s1. The summed E-state index contributed by atoms with van der Waals surface area (Å²) in [6.45, 7) is 8.94. The summed E-state index contributed by atoms with van der Waals surface area (Å²) >= 11 is 0. The van der Waals surface area contributed by atoms with E-state index in [9.17, 15) is 5.26 Å². The molecule has 3 heterocycles. The molecule has 1 saturated heterocycles. The molecule has 6 rings (SSSR count). The van der Waals surface area contributed by atoms with Crippen molar-refractivity contribution in [3.8, 4) is 17.6 Å². The first-order valence-electron chi connectivity index (χ1n) is 19.6. The minimum Gasteiger partial charge on any atom is -0.497 e. The van der Waals surface area contributed by atoms with Crippen LogP contribution in [0.1, 0.15) is 63.5 Å². The fourth-order valence-corrected chi connectivity index (χ4v) is 9.15. The SMILES string of the molecule is COc1ccc(C(OC[C@H]2O[C@@H](n3ccc4c(N=CN(C)C)ccnc43)C[C@@H]2OP(OCCC#N)N(C(C)C)C(C)C)(c2ccccc2)c2ccc(OC)cc2)cc1. The molecule has 4 atom stereocenters. The van der Waals surface area contributed by atoms with Gasteiger partial charge < -0.3 is 37.5 Å². The molecule has 0 saturated carbocycles. The number of ether oxygens (including phenoxy) is 4. The van der Waals surface area contributed by atoms with Crippen molar-refractivity contribution in [1.29, 1.82) is 5.26 Å². The van der Waals surface area contributed by atoms with Crippen molar-refractivity contribution >= 4 is 31.6 Å². The number of hydrogen-bond donors (Lipinski definition) is 0. The first-order valence-corrected chi connectivity index (χ1v) is 20.8. The van der Waals surface area contributed by atoms with Gasteiger partial charge in [-0.2, -0.15) is 5.26 Å². The summed E-state index contributed by atoms with van der Waals surface area (Å²) in [5.41, 5.74) is 3.27. The number of aliphatic imine (C=N–C) groups is 1. The van der Waals surface area contributed by atoms with Crippen LogP contribution in [0.2, 0.25) is 0 Å². The average Bonchev–Trinajstić information content (AvgIpc) is 3.85. The third kappa shape index (κ3) is 9.53. The quantitative estimate of drug-likeness (QED) is 0.0263. The zero-order valence-corrected chi connectivity index (χ0v) is 35.6. The van der Waals surface area contributed by atoms with Crippen LogP contribution in [0.5, 0.6) is 11.5 Å². The van der Waals surface area contributed by atoms with E-state index in [4.69, 9.17) is 38.0 Å². The van der Waals surface area contributed by atoms with Crippen LogP contribution in [0.4, 0.5) is 5.69 Å². The topological polar surface area (TPSA) is 116 Å². The molecule has 1 fully saturated rings. The Kier molecular flexibility index (Phi) is 14.5. The Morgan fingerprint density at radius 1 is 0.914 bits per heavy atom. The smallest absolute Gasteiger partial charge is 0.259 e. The van der Waals surface area contributed by atoms with Gasteiger partial charge in [0.1, 0.15) is 35.1 Å². The summed E-state index contributed by atoms with van der Waals surface area (Å²) in [6, 6.07) is 32.6. The normalized spacial score (nSPS) is 17.7. The van der Waals surface area contributed by atoms with E-state index in [0.717, 1.165) is 44.9 Å². The minimum atomic E-state index is -1.59. The minimum absolute atomic E-state index is 0.121. The van der Waals surface area contributed by atoms with Gasteiger partial charge in [-0.3, -0.25) is 0 Å². The van der Waals surface area contributed by atoms with Crippen LogP contribution in [-0.2, 0) is 24.1 Å². The van der Waals surface area contributed by atoms with Gasteiger partial charge in [0, 0.05) is 50.4 Å². The molecule has 0 amide bonds. The lowest BCUT2D eigenvalue weighted by Crippen LogP contribution is -2.39. The van der Waals surface area contributed by atoms with Crippen molar-refractivity contribution in [3.63, 3.8) is 0 Å². The van der Waals surface area contributed by atoms with E-state index >= 15 is 0 Å². The summed E-state index contributed by atoms with van der Waals surface area (Å²) in [5, 5.41) is 10.3. The van der Waals surface area contributed by atoms with Gasteiger partial charge in [0.05, 0.1) is 58.1 Å². The Morgan fingerprint density at radius 3 is 2.10 bits per heavy atom. The molecule has 58 heavy (non-hydrogen) atoms. The zero-order valence-electron chi connectivity index (χ0n) is 34.7. The Hall–Kier alpha value is -4.86. The van der Waals surface area contributed by atoms with Crippen LogP contribution in [-0.4, -0.2) is 91.3 Å². The summed E-state index contributed by atoms with van der Waals surface area (Å²) in [5.74, 6) is 1.48. The van der Waals surface area contributed by atoms with Gasteiger partial charge >= 0.3 is 0 Å². The van der Waals surface area contributed by atoms with Gasteiger partial charge in [0.2, 0.25) is 0 Å². The maximum Gasteiger partial charge on any atom is 0.259 e. The number of aromatic nitrogens is 2. The predicted octanol–water partition coefficient (Wildman–Crippen LogP) is 9.23. The van der Waals surface area contributed by atoms with Crippen LogP contribution in [0, 0.1) is 11.3 Å². The van der Waals surface area contributed by atoms with Crippen molar-refractivity contribution < 1.29 is 28.0 Å². The fraction of sp³-hybridized carbons (Fsp3) is 0.400. The molecule has 13 heteroatoms. The van der Waals surface area contributed by atoms with E-state index in [2.05, 4.69) is 55.1 Å². The largest absolute Gasteiger partial charge is 0.497 e. The molecule has 1 aliphatic heterocycles. The number of fused-ring (bicyclic) bond motifs is 1. The van der Waals surface area contributed by atoms with E-state index < -0.39 is 32.6 Å². The third-order valence-corrected chi connectivity index (χ3v) is 12.2. The van der Waals surface area contributed by atoms with Crippen molar-refractivity contribution in [2.45, 2.75) is 76.7 Å². The summed E-state index contributed by atoms with van der Waals surface area (Å²) < 4.78 is 43.4. The lowest BCUT2D eigenvalue weighted by molar-refractivity contribution is -0.0911. The summed E-state index contributed by atoms with van der Waals surface area (Å²) in [7, 11) is 5.61. The molecule has 306 valence electrons. The maximum absolute atomic E-state index is 9.41. The number of pyridine rings is 1. The van der Waals surface area contributed by atoms with Crippen molar-refractivity contribution in [3.05, 3.63) is 120 Å². The monoisotopic (exact) mass is 806 g/mol. The molecule has 2 aromatic heterocycles. The third-order valence-electron chi connectivity index (χ3n) is 10.0. The molecule has 5 aromatic rings. The molecular formula is C45H55N6O6P. The lowest BCUT2D eigenvalue weighted by Gasteiger charge is -2.39. The first-order chi connectivity index (χ1) is 28.1. The average molecular weight is 807 g/mol. The van der Waals surface area contributed by atoms with Crippen LogP contribution < -0.4 is 9.47 Å². The number of nitriles is 1. The van der Waals surface area contributed by atoms with E-state index in [1.54, 1.807) is 26.8 Å². The highest BCUT2D eigenvalue weighted by Crippen LogP contribution is 2.51. The fourth-order valence-electron chi connectivity index (χ4n) is 7.39. The van der Waals surface area contributed by atoms with Gasteiger partial charge in [-0.05, 0) is 80.8 Å². The lowest BCUT2D eigenvalue weighted by atomic mass is 9.80. The van der Waals surface area contributed by atoms with Gasteiger partial charge in [0.25, 0.3) is 8.53 Å².